The molecule has 1 aliphatic heterocycles. The minimum absolute atomic E-state index is 0.0232. The van der Waals surface area contributed by atoms with Crippen LogP contribution in [-0.4, -0.2) is 42.1 Å². The highest BCUT2D eigenvalue weighted by Gasteiger charge is 2.18. The van der Waals surface area contributed by atoms with Crippen molar-refractivity contribution in [2.45, 2.75) is 24.6 Å². The number of halogens is 2. The Labute approximate surface area is 133 Å². The first-order valence-corrected chi connectivity index (χ1v) is 8.37. The zero-order valence-electron chi connectivity index (χ0n) is 12.0. The van der Waals surface area contributed by atoms with Crippen molar-refractivity contribution in [1.29, 1.82) is 0 Å². The quantitative estimate of drug-likeness (QED) is 0.828. The summed E-state index contributed by atoms with van der Waals surface area (Å²) in [7, 11) is 1.67. The van der Waals surface area contributed by atoms with E-state index in [0.717, 1.165) is 19.4 Å². The summed E-state index contributed by atoms with van der Waals surface area (Å²) in [5.41, 5.74) is 0.362. The summed E-state index contributed by atoms with van der Waals surface area (Å²) in [4.78, 5) is 13.6. The van der Waals surface area contributed by atoms with Gasteiger partial charge in [-0.2, -0.15) is 0 Å². The number of carbonyl (C=O) groups is 1. The fourth-order valence-corrected chi connectivity index (χ4v) is 3.50. The predicted octanol–water partition coefficient (Wildman–Crippen LogP) is 3.35. The molecule has 0 radical (unpaired) electrons. The third kappa shape index (κ3) is 4.87. The lowest BCUT2D eigenvalue weighted by Gasteiger charge is -2.23. The van der Waals surface area contributed by atoms with Crippen LogP contribution in [-0.2, 0) is 16.1 Å². The molecule has 0 saturated carbocycles. The lowest BCUT2D eigenvalue weighted by atomic mass is 10.2. The van der Waals surface area contributed by atoms with Crippen molar-refractivity contribution in [2.75, 3.05) is 26.0 Å². The Morgan fingerprint density at radius 1 is 1.57 bits per heavy atom. The number of benzene rings is 1. The van der Waals surface area contributed by atoms with Gasteiger partial charge in [0, 0.05) is 36.0 Å². The van der Waals surface area contributed by atoms with E-state index in [1.54, 1.807) is 30.9 Å². The van der Waals surface area contributed by atoms with Gasteiger partial charge in [0.25, 0.3) is 0 Å². The number of hydrogen-bond donors (Lipinski definition) is 0. The molecule has 116 valence electrons. The number of nitrogens with zero attached hydrogens (tertiary/aromatic N) is 1. The first-order chi connectivity index (χ1) is 10.1. The monoisotopic (exact) mass is 331 g/mol. The van der Waals surface area contributed by atoms with Gasteiger partial charge in [-0.1, -0.05) is 17.7 Å². The van der Waals surface area contributed by atoms with Crippen LogP contribution in [0.4, 0.5) is 4.39 Å². The van der Waals surface area contributed by atoms with Crippen LogP contribution in [0.2, 0.25) is 5.02 Å². The number of amides is 1. The van der Waals surface area contributed by atoms with Crippen molar-refractivity contribution in [3.8, 4) is 0 Å². The Kier molecular flexibility index (Phi) is 6.33. The highest BCUT2D eigenvalue weighted by atomic mass is 35.5. The molecule has 0 aromatic heterocycles. The lowest BCUT2D eigenvalue weighted by Crippen LogP contribution is -2.30. The Morgan fingerprint density at radius 2 is 2.38 bits per heavy atom. The van der Waals surface area contributed by atoms with Gasteiger partial charge in [0.2, 0.25) is 5.91 Å². The molecule has 1 saturated heterocycles. The van der Waals surface area contributed by atoms with E-state index in [1.165, 1.54) is 11.0 Å². The molecule has 21 heavy (non-hydrogen) atoms. The predicted molar refractivity (Wildman–Crippen MR) is 84.2 cm³/mol. The third-order valence-corrected chi connectivity index (χ3v) is 5.05. The largest absolute Gasteiger partial charge is 0.380 e. The summed E-state index contributed by atoms with van der Waals surface area (Å²) in [5, 5.41) is 0.733. The summed E-state index contributed by atoms with van der Waals surface area (Å²) >= 11 is 7.59. The molecule has 0 spiro atoms. The molecule has 1 amide bonds. The lowest BCUT2D eigenvalue weighted by molar-refractivity contribution is -0.127. The van der Waals surface area contributed by atoms with Gasteiger partial charge in [0.05, 0.1) is 12.4 Å². The van der Waals surface area contributed by atoms with Crippen molar-refractivity contribution in [3.05, 3.63) is 34.6 Å². The second-order valence-electron chi connectivity index (χ2n) is 5.10. The summed E-state index contributed by atoms with van der Waals surface area (Å²) in [6, 6.07) is 4.54. The van der Waals surface area contributed by atoms with E-state index >= 15 is 0 Å². The molecule has 3 nitrogen and oxygen atoms in total. The summed E-state index contributed by atoms with van der Waals surface area (Å²) in [6.07, 6.45) is 2.13. The second-order valence-corrected chi connectivity index (χ2v) is 6.80. The van der Waals surface area contributed by atoms with Crippen molar-refractivity contribution in [3.63, 3.8) is 0 Å². The molecule has 1 aromatic rings. The fraction of sp³-hybridized carbons (Fsp3) is 0.533. The second kappa shape index (κ2) is 8.01. The molecule has 0 aliphatic carbocycles. The van der Waals surface area contributed by atoms with E-state index in [9.17, 15) is 9.18 Å². The van der Waals surface area contributed by atoms with E-state index in [4.69, 9.17) is 16.3 Å². The van der Waals surface area contributed by atoms with Crippen LogP contribution in [0.25, 0.3) is 0 Å². The van der Waals surface area contributed by atoms with Gasteiger partial charge >= 0.3 is 0 Å². The molecule has 0 N–H and O–H groups in total. The first-order valence-electron chi connectivity index (χ1n) is 6.94. The standard InChI is InChI=1S/C15H19ClFNO2S/c1-18(8-12-13(16)5-2-6-14(12)17)15(19)10-21-11-4-3-7-20-9-11/h2,5-6,11H,3-4,7-10H2,1H3. The fourth-order valence-electron chi connectivity index (χ4n) is 2.15. The van der Waals surface area contributed by atoms with Crippen molar-refractivity contribution >= 4 is 29.3 Å². The van der Waals surface area contributed by atoms with Gasteiger partial charge in [-0.05, 0) is 25.0 Å². The van der Waals surface area contributed by atoms with Crippen LogP contribution in [0.3, 0.4) is 0 Å². The summed E-state index contributed by atoms with van der Waals surface area (Å²) in [6.45, 7) is 1.71. The van der Waals surface area contributed by atoms with Crippen LogP contribution >= 0.6 is 23.4 Å². The number of ether oxygens (including phenoxy) is 1. The molecule has 0 bridgehead atoms. The van der Waals surface area contributed by atoms with Gasteiger partial charge in [0.15, 0.2) is 0 Å². The molecule has 1 aliphatic rings. The Bertz CT molecular complexity index is 474. The molecule has 1 unspecified atom stereocenters. The minimum atomic E-state index is -0.379. The van der Waals surface area contributed by atoms with Crippen LogP contribution < -0.4 is 0 Å². The highest BCUT2D eigenvalue weighted by Crippen LogP contribution is 2.23. The maximum Gasteiger partial charge on any atom is 0.232 e. The number of thioether (sulfide) groups is 1. The number of carbonyl (C=O) groups excluding carboxylic acids is 1. The Hall–Kier alpha value is -0.780. The van der Waals surface area contributed by atoms with E-state index < -0.39 is 0 Å². The maximum atomic E-state index is 13.7. The Balaban J connectivity index is 1.84. The average molecular weight is 332 g/mol. The SMILES string of the molecule is CN(Cc1c(F)cccc1Cl)C(=O)CSC1CCCOC1. The normalized spacial score (nSPS) is 18.5. The zero-order valence-corrected chi connectivity index (χ0v) is 13.6. The summed E-state index contributed by atoms with van der Waals surface area (Å²) < 4.78 is 19.1. The molecular formula is C15H19ClFNO2S. The number of hydrogen-bond acceptors (Lipinski definition) is 3. The minimum Gasteiger partial charge on any atom is -0.380 e. The van der Waals surface area contributed by atoms with Crippen molar-refractivity contribution in [1.82, 2.24) is 4.90 Å². The van der Waals surface area contributed by atoms with E-state index in [-0.39, 0.29) is 18.3 Å². The van der Waals surface area contributed by atoms with Crippen molar-refractivity contribution < 1.29 is 13.9 Å². The van der Waals surface area contributed by atoms with E-state index in [2.05, 4.69) is 0 Å². The molecular weight excluding hydrogens is 313 g/mol. The Morgan fingerprint density at radius 3 is 3.05 bits per heavy atom. The van der Waals surface area contributed by atoms with E-state index in [1.807, 2.05) is 0 Å². The molecule has 6 heteroatoms. The maximum absolute atomic E-state index is 13.7. The molecule has 2 rings (SSSR count). The van der Waals surface area contributed by atoms with Crippen LogP contribution in [0.5, 0.6) is 0 Å². The van der Waals surface area contributed by atoms with Crippen LogP contribution in [0.15, 0.2) is 18.2 Å². The third-order valence-electron chi connectivity index (χ3n) is 3.44. The number of rotatable bonds is 5. The van der Waals surface area contributed by atoms with Crippen molar-refractivity contribution in [2.24, 2.45) is 0 Å². The molecule has 1 fully saturated rings. The van der Waals surface area contributed by atoms with E-state index in [0.29, 0.717) is 28.2 Å². The zero-order chi connectivity index (χ0) is 15.2. The van der Waals surface area contributed by atoms with Crippen LogP contribution in [0, 0.1) is 5.82 Å². The molecule has 1 aromatic carbocycles. The first kappa shape index (κ1) is 16.6. The molecule has 1 heterocycles. The smallest absolute Gasteiger partial charge is 0.232 e. The van der Waals surface area contributed by atoms with Gasteiger partial charge in [-0.15, -0.1) is 11.8 Å². The highest BCUT2D eigenvalue weighted by molar-refractivity contribution is 8.00. The average Bonchev–Trinajstić information content (AvgIpc) is 2.49. The van der Waals surface area contributed by atoms with Gasteiger partial charge in [0.1, 0.15) is 5.82 Å². The van der Waals surface area contributed by atoms with Gasteiger partial charge in [-0.25, -0.2) is 4.39 Å². The topological polar surface area (TPSA) is 29.5 Å². The van der Waals surface area contributed by atoms with Gasteiger partial charge in [-0.3, -0.25) is 4.79 Å². The van der Waals surface area contributed by atoms with Crippen LogP contribution in [0.1, 0.15) is 18.4 Å². The molecule has 1 atom stereocenters. The van der Waals surface area contributed by atoms with Gasteiger partial charge < -0.3 is 9.64 Å². The summed E-state index contributed by atoms with van der Waals surface area (Å²) in [5.74, 6) is -0.0169.